The van der Waals surface area contributed by atoms with Gasteiger partial charge in [0.2, 0.25) is 5.75 Å². The molecule has 7 heteroatoms. The van der Waals surface area contributed by atoms with Crippen molar-refractivity contribution in [3.05, 3.63) is 17.7 Å². The van der Waals surface area contributed by atoms with Crippen LogP contribution in [0.2, 0.25) is 0 Å². The van der Waals surface area contributed by atoms with Gasteiger partial charge in [0, 0.05) is 26.7 Å². The standard InChI is InChI=1S/C21H33N3O3.HI/c1-22-20(24-11-10-21(15-24)8-6-5-7-9-21)23-14-16-12-17(25-2)19(27-4)18(13-16)26-3;/h12-13H,5-11,14-15H2,1-4H3,(H,22,23);1H. The van der Waals surface area contributed by atoms with Gasteiger partial charge in [-0.3, -0.25) is 4.99 Å². The Morgan fingerprint density at radius 1 is 1.04 bits per heavy atom. The number of hydrogen-bond acceptors (Lipinski definition) is 4. The molecule has 1 spiro atoms. The summed E-state index contributed by atoms with van der Waals surface area (Å²) in [6.45, 7) is 2.88. The van der Waals surface area contributed by atoms with Gasteiger partial charge in [-0.2, -0.15) is 0 Å². The van der Waals surface area contributed by atoms with Crippen molar-refractivity contribution in [3.8, 4) is 17.2 Å². The average molecular weight is 503 g/mol. The first-order chi connectivity index (χ1) is 13.1. The zero-order valence-corrected chi connectivity index (χ0v) is 19.9. The van der Waals surface area contributed by atoms with E-state index in [0.29, 0.717) is 29.2 Å². The molecular weight excluding hydrogens is 469 g/mol. The van der Waals surface area contributed by atoms with Gasteiger partial charge in [-0.05, 0) is 42.4 Å². The number of likely N-dealkylation sites (tertiary alicyclic amines) is 1. The van der Waals surface area contributed by atoms with Crippen molar-refractivity contribution in [2.75, 3.05) is 41.5 Å². The molecule has 0 atom stereocenters. The van der Waals surface area contributed by atoms with E-state index in [9.17, 15) is 0 Å². The lowest BCUT2D eigenvalue weighted by Crippen LogP contribution is -2.41. The van der Waals surface area contributed by atoms with E-state index >= 15 is 0 Å². The first-order valence-electron chi connectivity index (χ1n) is 9.89. The van der Waals surface area contributed by atoms with E-state index in [1.807, 2.05) is 19.2 Å². The Morgan fingerprint density at radius 2 is 1.68 bits per heavy atom. The Balaban J connectivity index is 0.00000280. The van der Waals surface area contributed by atoms with Crippen LogP contribution in [0.3, 0.4) is 0 Å². The third-order valence-corrected chi connectivity index (χ3v) is 6.04. The second-order valence-corrected chi connectivity index (χ2v) is 7.67. The van der Waals surface area contributed by atoms with Crippen molar-refractivity contribution in [2.45, 2.75) is 45.1 Å². The van der Waals surface area contributed by atoms with E-state index in [4.69, 9.17) is 14.2 Å². The monoisotopic (exact) mass is 503 g/mol. The summed E-state index contributed by atoms with van der Waals surface area (Å²) < 4.78 is 16.3. The average Bonchev–Trinajstić information content (AvgIpc) is 3.11. The molecule has 158 valence electrons. The van der Waals surface area contributed by atoms with Crippen LogP contribution in [-0.2, 0) is 6.54 Å². The first kappa shape index (κ1) is 22.9. The number of ether oxygens (including phenoxy) is 3. The van der Waals surface area contributed by atoms with Crippen molar-refractivity contribution in [2.24, 2.45) is 10.4 Å². The molecule has 1 aromatic carbocycles. The van der Waals surface area contributed by atoms with Gasteiger partial charge in [-0.1, -0.05) is 19.3 Å². The summed E-state index contributed by atoms with van der Waals surface area (Å²) in [5.41, 5.74) is 1.58. The van der Waals surface area contributed by atoms with E-state index in [1.165, 1.54) is 38.5 Å². The van der Waals surface area contributed by atoms with Crippen molar-refractivity contribution in [3.63, 3.8) is 0 Å². The van der Waals surface area contributed by atoms with Crippen LogP contribution in [0.1, 0.15) is 44.1 Å². The highest BCUT2D eigenvalue weighted by Crippen LogP contribution is 2.43. The molecule has 1 aliphatic carbocycles. The van der Waals surface area contributed by atoms with Gasteiger partial charge in [0.1, 0.15) is 0 Å². The number of benzene rings is 1. The zero-order valence-electron chi connectivity index (χ0n) is 17.5. The van der Waals surface area contributed by atoms with E-state index in [2.05, 4.69) is 15.2 Å². The van der Waals surface area contributed by atoms with Gasteiger partial charge in [-0.15, -0.1) is 24.0 Å². The maximum absolute atomic E-state index is 5.45. The highest BCUT2D eigenvalue weighted by atomic mass is 127. The minimum Gasteiger partial charge on any atom is -0.493 e. The summed E-state index contributed by atoms with van der Waals surface area (Å²) in [7, 11) is 6.76. The molecule has 0 radical (unpaired) electrons. The lowest BCUT2D eigenvalue weighted by atomic mass is 9.73. The van der Waals surface area contributed by atoms with Crippen molar-refractivity contribution < 1.29 is 14.2 Å². The maximum atomic E-state index is 5.45. The first-order valence-corrected chi connectivity index (χ1v) is 9.89. The predicted molar refractivity (Wildman–Crippen MR) is 123 cm³/mol. The van der Waals surface area contributed by atoms with Crippen LogP contribution in [0.15, 0.2) is 17.1 Å². The number of guanidine groups is 1. The smallest absolute Gasteiger partial charge is 0.203 e. The van der Waals surface area contributed by atoms with E-state index in [1.54, 1.807) is 21.3 Å². The molecule has 1 aliphatic heterocycles. The second kappa shape index (κ2) is 10.4. The third kappa shape index (κ3) is 4.96. The molecule has 0 unspecified atom stereocenters. The number of halogens is 1. The molecule has 1 heterocycles. The van der Waals surface area contributed by atoms with Gasteiger partial charge in [0.05, 0.1) is 21.3 Å². The zero-order chi connectivity index (χ0) is 19.3. The molecule has 2 aliphatic rings. The van der Waals surface area contributed by atoms with E-state index in [-0.39, 0.29) is 24.0 Å². The number of aliphatic imine (C=N–C) groups is 1. The van der Waals surface area contributed by atoms with Crippen LogP contribution in [0.4, 0.5) is 0 Å². The Kier molecular flexibility index (Phi) is 8.52. The summed E-state index contributed by atoms with van der Waals surface area (Å²) in [4.78, 5) is 6.95. The quantitative estimate of drug-likeness (QED) is 0.373. The van der Waals surface area contributed by atoms with E-state index in [0.717, 1.165) is 24.6 Å². The highest BCUT2D eigenvalue weighted by Gasteiger charge is 2.39. The van der Waals surface area contributed by atoms with Crippen LogP contribution in [0, 0.1) is 5.41 Å². The topological polar surface area (TPSA) is 55.3 Å². The van der Waals surface area contributed by atoms with Crippen molar-refractivity contribution in [1.29, 1.82) is 0 Å². The Hall–Kier alpha value is -1.38. The molecule has 0 aromatic heterocycles. The van der Waals surface area contributed by atoms with Crippen molar-refractivity contribution in [1.82, 2.24) is 10.2 Å². The van der Waals surface area contributed by atoms with Crippen LogP contribution in [0.25, 0.3) is 0 Å². The van der Waals surface area contributed by atoms with Crippen LogP contribution >= 0.6 is 24.0 Å². The van der Waals surface area contributed by atoms with Gasteiger partial charge >= 0.3 is 0 Å². The predicted octanol–water partition coefficient (Wildman–Crippen LogP) is 4.06. The molecule has 1 saturated carbocycles. The molecule has 0 amide bonds. The molecule has 2 fully saturated rings. The van der Waals surface area contributed by atoms with Crippen LogP contribution in [0.5, 0.6) is 17.2 Å². The van der Waals surface area contributed by atoms with Gasteiger partial charge in [0.25, 0.3) is 0 Å². The van der Waals surface area contributed by atoms with Gasteiger partial charge in [-0.25, -0.2) is 0 Å². The molecule has 3 rings (SSSR count). The summed E-state index contributed by atoms with van der Waals surface area (Å²) in [6, 6.07) is 3.96. The number of methoxy groups -OCH3 is 3. The molecule has 0 bridgehead atoms. The fraction of sp³-hybridized carbons (Fsp3) is 0.667. The normalized spacial score (nSPS) is 18.6. The van der Waals surface area contributed by atoms with Crippen LogP contribution in [-0.4, -0.2) is 52.3 Å². The summed E-state index contributed by atoms with van der Waals surface area (Å²) in [5, 5.41) is 3.51. The maximum Gasteiger partial charge on any atom is 0.203 e. The Labute approximate surface area is 186 Å². The highest BCUT2D eigenvalue weighted by molar-refractivity contribution is 14.0. The van der Waals surface area contributed by atoms with Crippen molar-refractivity contribution >= 4 is 29.9 Å². The number of rotatable bonds is 5. The lowest BCUT2D eigenvalue weighted by Gasteiger charge is -2.33. The molecule has 1 saturated heterocycles. The molecule has 28 heavy (non-hydrogen) atoms. The van der Waals surface area contributed by atoms with Gasteiger partial charge < -0.3 is 24.4 Å². The minimum atomic E-state index is 0. The SMILES string of the molecule is CN=C(NCc1cc(OC)c(OC)c(OC)c1)N1CCC2(CCCCC2)C1.I. The summed E-state index contributed by atoms with van der Waals surface area (Å²) in [6.07, 6.45) is 8.19. The summed E-state index contributed by atoms with van der Waals surface area (Å²) in [5.74, 6) is 2.94. The summed E-state index contributed by atoms with van der Waals surface area (Å²) >= 11 is 0. The molecular formula is C21H34IN3O3. The number of nitrogens with one attached hydrogen (secondary N) is 1. The fourth-order valence-corrected chi connectivity index (χ4v) is 4.58. The lowest BCUT2D eigenvalue weighted by molar-refractivity contribution is 0.203. The Bertz CT molecular complexity index is 650. The largest absolute Gasteiger partial charge is 0.493 e. The van der Waals surface area contributed by atoms with Gasteiger partial charge in [0.15, 0.2) is 17.5 Å². The second-order valence-electron chi connectivity index (χ2n) is 7.67. The third-order valence-electron chi connectivity index (χ3n) is 6.04. The molecule has 6 nitrogen and oxygen atoms in total. The fourth-order valence-electron chi connectivity index (χ4n) is 4.58. The number of nitrogens with zero attached hydrogens (tertiary/aromatic N) is 2. The number of hydrogen-bond donors (Lipinski definition) is 1. The Morgan fingerprint density at radius 3 is 2.21 bits per heavy atom. The minimum absolute atomic E-state index is 0. The van der Waals surface area contributed by atoms with E-state index < -0.39 is 0 Å². The molecule has 1 aromatic rings. The van der Waals surface area contributed by atoms with Crippen LogP contribution < -0.4 is 19.5 Å². The molecule has 1 N–H and O–H groups in total.